The minimum atomic E-state index is -4.26. The number of piperidine rings is 1. The van der Waals surface area contributed by atoms with Gasteiger partial charge in [0.25, 0.3) is 0 Å². The Morgan fingerprint density at radius 3 is 2.30 bits per heavy atom. The molecule has 1 aliphatic rings. The fourth-order valence-corrected chi connectivity index (χ4v) is 2.22. The predicted octanol–water partition coefficient (Wildman–Crippen LogP) is 3.47. The molecule has 0 unspecified atom stereocenters. The second-order valence-electron chi connectivity index (χ2n) is 4.81. The smallest absolute Gasteiger partial charge is 0.328 e. The Hall–Kier alpha value is -0.490. The third-order valence-corrected chi connectivity index (χ3v) is 3.29. The van der Waals surface area contributed by atoms with Crippen molar-refractivity contribution < 1.29 is 13.2 Å². The van der Waals surface area contributed by atoms with Crippen LogP contribution in [0.1, 0.15) is 24.0 Å². The van der Waals surface area contributed by atoms with Gasteiger partial charge in [0.2, 0.25) is 0 Å². The Morgan fingerprint density at radius 1 is 1.15 bits per heavy atom. The zero-order valence-corrected chi connectivity index (χ0v) is 12.5. The summed E-state index contributed by atoms with van der Waals surface area (Å²) in [6, 6.07) is 5.78. The van der Waals surface area contributed by atoms with E-state index in [2.05, 4.69) is 4.90 Å². The first-order valence-corrected chi connectivity index (χ1v) is 6.09. The molecule has 0 spiro atoms. The maximum atomic E-state index is 12.6. The quantitative estimate of drug-likeness (QED) is 0.899. The lowest BCUT2D eigenvalue weighted by Gasteiger charge is -2.30. The van der Waals surface area contributed by atoms with Gasteiger partial charge in [-0.3, -0.25) is 4.90 Å². The van der Waals surface area contributed by atoms with Crippen LogP contribution in [0.2, 0.25) is 0 Å². The molecule has 7 heteroatoms. The first-order valence-electron chi connectivity index (χ1n) is 6.09. The van der Waals surface area contributed by atoms with Crippen molar-refractivity contribution in [2.75, 3.05) is 13.1 Å². The Bertz CT molecular complexity index is 405. The first kappa shape index (κ1) is 19.5. The molecule has 116 valence electrons. The number of halogens is 5. The van der Waals surface area contributed by atoms with Gasteiger partial charge in [-0.2, -0.15) is 13.2 Å². The van der Waals surface area contributed by atoms with Crippen molar-refractivity contribution in [3.05, 3.63) is 35.4 Å². The van der Waals surface area contributed by atoms with Gasteiger partial charge in [-0.1, -0.05) is 18.2 Å². The summed E-state index contributed by atoms with van der Waals surface area (Å²) in [6.45, 7) is 2.28. The van der Waals surface area contributed by atoms with Crippen molar-refractivity contribution in [3.63, 3.8) is 0 Å². The van der Waals surface area contributed by atoms with E-state index < -0.39 is 11.7 Å². The number of hydrogen-bond acceptors (Lipinski definition) is 2. The Balaban J connectivity index is 0.00000180. The van der Waals surface area contributed by atoms with Gasteiger partial charge >= 0.3 is 6.18 Å². The molecule has 0 atom stereocenters. The van der Waals surface area contributed by atoms with Crippen LogP contribution in [0, 0.1) is 0 Å². The Morgan fingerprint density at radius 2 is 1.75 bits per heavy atom. The van der Waals surface area contributed by atoms with Crippen molar-refractivity contribution in [2.24, 2.45) is 5.73 Å². The Kier molecular flexibility index (Phi) is 7.88. The van der Waals surface area contributed by atoms with Crippen LogP contribution in [-0.2, 0) is 12.7 Å². The standard InChI is InChI=1S/C13H17F3N2.2ClH/c14-13(15,16)11-3-1-2-10(8-11)9-18-6-4-12(17)5-7-18;;/h1-3,8,12H,4-7,9,17H2;2*1H. The highest BCUT2D eigenvalue weighted by Gasteiger charge is 2.30. The van der Waals surface area contributed by atoms with E-state index in [1.165, 1.54) is 12.1 Å². The molecule has 0 saturated carbocycles. The molecule has 0 radical (unpaired) electrons. The number of alkyl halides is 3. The minimum Gasteiger partial charge on any atom is -0.328 e. The first-order chi connectivity index (χ1) is 8.45. The molecule has 20 heavy (non-hydrogen) atoms. The lowest BCUT2D eigenvalue weighted by molar-refractivity contribution is -0.137. The number of likely N-dealkylation sites (tertiary alicyclic amines) is 1. The maximum absolute atomic E-state index is 12.6. The maximum Gasteiger partial charge on any atom is 0.416 e. The molecule has 1 aliphatic heterocycles. The molecular weight excluding hydrogens is 312 g/mol. The molecule has 0 aliphatic carbocycles. The van der Waals surface area contributed by atoms with Crippen molar-refractivity contribution >= 4 is 24.8 Å². The van der Waals surface area contributed by atoms with Gasteiger partial charge in [0, 0.05) is 12.6 Å². The van der Waals surface area contributed by atoms with Crippen LogP contribution in [0.3, 0.4) is 0 Å². The lowest BCUT2D eigenvalue weighted by atomic mass is 10.0. The van der Waals surface area contributed by atoms with Crippen LogP contribution in [-0.4, -0.2) is 24.0 Å². The summed E-state index contributed by atoms with van der Waals surface area (Å²) < 4.78 is 37.7. The monoisotopic (exact) mass is 330 g/mol. The average molecular weight is 331 g/mol. The summed E-state index contributed by atoms with van der Waals surface area (Å²) in [5.74, 6) is 0. The van der Waals surface area contributed by atoms with Crippen molar-refractivity contribution in [1.29, 1.82) is 0 Å². The van der Waals surface area contributed by atoms with Gasteiger partial charge in [-0.25, -0.2) is 0 Å². The topological polar surface area (TPSA) is 29.3 Å². The van der Waals surface area contributed by atoms with Crippen molar-refractivity contribution in [2.45, 2.75) is 31.6 Å². The van der Waals surface area contributed by atoms with Gasteiger partial charge in [-0.15, -0.1) is 24.8 Å². The van der Waals surface area contributed by atoms with Crippen LogP contribution in [0.4, 0.5) is 13.2 Å². The molecule has 1 fully saturated rings. The molecule has 0 bridgehead atoms. The van der Waals surface area contributed by atoms with Gasteiger partial charge in [0.05, 0.1) is 5.56 Å². The van der Waals surface area contributed by atoms with E-state index in [1.54, 1.807) is 6.07 Å². The number of rotatable bonds is 2. The van der Waals surface area contributed by atoms with E-state index in [0.717, 1.165) is 32.0 Å². The number of nitrogens with zero attached hydrogens (tertiary/aromatic N) is 1. The zero-order valence-electron chi connectivity index (χ0n) is 10.9. The molecule has 1 aromatic carbocycles. The second-order valence-corrected chi connectivity index (χ2v) is 4.81. The molecule has 1 aromatic rings. The van der Waals surface area contributed by atoms with E-state index in [1.807, 2.05) is 0 Å². The molecule has 2 rings (SSSR count). The fraction of sp³-hybridized carbons (Fsp3) is 0.538. The van der Waals surface area contributed by atoms with Gasteiger partial charge < -0.3 is 5.73 Å². The van der Waals surface area contributed by atoms with E-state index in [0.29, 0.717) is 12.1 Å². The van der Waals surface area contributed by atoms with E-state index in [4.69, 9.17) is 5.73 Å². The van der Waals surface area contributed by atoms with Crippen LogP contribution in [0.5, 0.6) is 0 Å². The summed E-state index contributed by atoms with van der Waals surface area (Å²) in [7, 11) is 0. The molecule has 0 aromatic heterocycles. The normalized spacial score (nSPS) is 17.2. The van der Waals surface area contributed by atoms with Crippen molar-refractivity contribution in [1.82, 2.24) is 4.90 Å². The summed E-state index contributed by atoms with van der Waals surface area (Å²) in [5.41, 5.74) is 5.93. The second kappa shape index (κ2) is 8.08. The van der Waals surface area contributed by atoms with Crippen LogP contribution in [0.25, 0.3) is 0 Å². The SMILES string of the molecule is Cl.Cl.NC1CCN(Cc2cccc(C(F)(F)F)c2)CC1. The highest BCUT2D eigenvalue weighted by molar-refractivity contribution is 5.85. The number of hydrogen-bond donors (Lipinski definition) is 1. The van der Waals surface area contributed by atoms with Crippen molar-refractivity contribution in [3.8, 4) is 0 Å². The lowest BCUT2D eigenvalue weighted by Crippen LogP contribution is -2.39. The highest BCUT2D eigenvalue weighted by Crippen LogP contribution is 2.29. The molecular formula is C13H19Cl2F3N2. The summed E-state index contributed by atoms with van der Waals surface area (Å²) in [4.78, 5) is 2.15. The van der Waals surface area contributed by atoms with E-state index in [9.17, 15) is 13.2 Å². The minimum absolute atomic E-state index is 0. The largest absolute Gasteiger partial charge is 0.416 e. The number of benzene rings is 1. The van der Waals surface area contributed by atoms with E-state index >= 15 is 0 Å². The van der Waals surface area contributed by atoms with Crippen LogP contribution >= 0.6 is 24.8 Å². The molecule has 1 saturated heterocycles. The summed E-state index contributed by atoms with van der Waals surface area (Å²) in [6.07, 6.45) is -2.43. The predicted molar refractivity (Wildman–Crippen MR) is 78.4 cm³/mol. The average Bonchev–Trinajstić information content (AvgIpc) is 2.31. The summed E-state index contributed by atoms with van der Waals surface area (Å²) in [5, 5.41) is 0. The zero-order chi connectivity index (χ0) is 13.2. The molecule has 2 nitrogen and oxygen atoms in total. The number of nitrogens with two attached hydrogens (primary N) is 1. The van der Waals surface area contributed by atoms with E-state index in [-0.39, 0.29) is 30.9 Å². The van der Waals surface area contributed by atoms with Gasteiger partial charge in [0.1, 0.15) is 0 Å². The third-order valence-electron chi connectivity index (χ3n) is 3.29. The highest BCUT2D eigenvalue weighted by atomic mass is 35.5. The van der Waals surface area contributed by atoms with Gasteiger partial charge in [-0.05, 0) is 37.6 Å². The van der Waals surface area contributed by atoms with Crippen LogP contribution in [0.15, 0.2) is 24.3 Å². The third kappa shape index (κ3) is 5.48. The van der Waals surface area contributed by atoms with Crippen LogP contribution < -0.4 is 5.73 Å². The fourth-order valence-electron chi connectivity index (χ4n) is 2.22. The van der Waals surface area contributed by atoms with Gasteiger partial charge in [0.15, 0.2) is 0 Å². The Labute approximate surface area is 129 Å². The summed E-state index contributed by atoms with van der Waals surface area (Å²) >= 11 is 0. The molecule has 1 heterocycles. The molecule has 0 amide bonds. The molecule has 2 N–H and O–H groups in total.